The maximum Gasteiger partial charge on any atom is 0.115 e. The van der Waals surface area contributed by atoms with E-state index in [0.29, 0.717) is 5.92 Å². The third-order valence-electron chi connectivity index (χ3n) is 1.76. The van der Waals surface area contributed by atoms with Crippen LogP contribution >= 0.6 is 0 Å². The van der Waals surface area contributed by atoms with Gasteiger partial charge in [-0.15, -0.1) is 0 Å². The Morgan fingerprint density at radius 1 is 1.31 bits per heavy atom. The Morgan fingerprint density at radius 3 is 2.46 bits per heavy atom. The van der Waals surface area contributed by atoms with Gasteiger partial charge in [0.2, 0.25) is 0 Å². The Kier molecular flexibility index (Phi) is 6.11. The van der Waals surface area contributed by atoms with Gasteiger partial charge in [-0.05, 0) is 12.8 Å². The minimum Gasteiger partial charge on any atom is -0.245 e. The Bertz CT molecular complexity index is 219. The largest absolute Gasteiger partial charge is 0.245 e. The normalized spacial score (nSPS) is 15.5. The summed E-state index contributed by atoms with van der Waals surface area (Å²) in [5.41, 5.74) is 2.27. The van der Waals surface area contributed by atoms with Crippen LogP contribution in [-0.4, -0.2) is 12.1 Å². The third-order valence-corrected chi connectivity index (χ3v) is 1.76. The van der Waals surface area contributed by atoms with Gasteiger partial charge in [-0.25, -0.2) is 9.98 Å². The lowest BCUT2D eigenvalue weighted by Crippen LogP contribution is -2.05. The number of rotatable bonds is 1. The van der Waals surface area contributed by atoms with Crippen molar-refractivity contribution in [3.8, 4) is 0 Å². The molecule has 0 saturated carbocycles. The van der Waals surface area contributed by atoms with Crippen LogP contribution < -0.4 is 0 Å². The van der Waals surface area contributed by atoms with Crippen molar-refractivity contribution < 1.29 is 0 Å². The van der Waals surface area contributed by atoms with Crippen molar-refractivity contribution in [3.05, 3.63) is 11.8 Å². The number of allylic oxidation sites excluding steroid dienone is 2. The molecule has 1 aliphatic rings. The molecule has 0 radical (unpaired) electrons. The molecule has 13 heavy (non-hydrogen) atoms. The van der Waals surface area contributed by atoms with Gasteiger partial charge in [0.25, 0.3) is 0 Å². The monoisotopic (exact) mass is 180 g/mol. The predicted molar refractivity (Wildman–Crippen MR) is 60.5 cm³/mol. The Morgan fingerprint density at radius 2 is 1.92 bits per heavy atom. The van der Waals surface area contributed by atoms with E-state index in [1.807, 2.05) is 20.8 Å². The summed E-state index contributed by atoms with van der Waals surface area (Å²) in [6.07, 6.45) is 4.71. The predicted octanol–water partition coefficient (Wildman–Crippen LogP) is 3.45. The van der Waals surface area contributed by atoms with Crippen molar-refractivity contribution in [2.24, 2.45) is 15.9 Å². The molecule has 0 spiro atoms. The van der Waals surface area contributed by atoms with Crippen molar-refractivity contribution >= 4 is 12.1 Å². The molecule has 0 amide bonds. The molecule has 0 unspecified atom stereocenters. The van der Waals surface area contributed by atoms with E-state index in [1.54, 1.807) is 6.34 Å². The van der Waals surface area contributed by atoms with Crippen LogP contribution in [0.15, 0.2) is 21.8 Å². The fourth-order valence-electron chi connectivity index (χ4n) is 0.937. The third kappa shape index (κ3) is 4.61. The molecule has 2 nitrogen and oxygen atoms in total. The van der Waals surface area contributed by atoms with Crippen LogP contribution in [-0.2, 0) is 0 Å². The second-order valence-corrected chi connectivity index (χ2v) is 3.07. The fourth-order valence-corrected chi connectivity index (χ4v) is 0.937. The van der Waals surface area contributed by atoms with Gasteiger partial charge < -0.3 is 0 Å². The smallest absolute Gasteiger partial charge is 0.115 e. The van der Waals surface area contributed by atoms with E-state index < -0.39 is 0 Å². The van der Waals surface area contributed by atoms with E-state index in [-0.39, 0.29) is 0 Å². The number of hydrogen-bond donors (Lipinski definition) is 0. The molecule has 1 heterocycles. The van der Waals surface area contributed by atoms with E-state index in [2.05, 4.69) is 29.9 Å². The van der Waals surface area contributed by atoms with E-state index in [4.69, 9.17) is 0 Å². The molecule has 74 valence electrons. The van der Waals surface area contributed by atoms with E-state index in [1.165, 1.54) is 5.71 Å². The molecule has 1 rings (SSSR count). The Balaban J connectivity index is 0.000000671. The van der Waals surface area contributed by atoms with E-state index in [0.717, 1.165) is 12.1 Å². The number of aliphatic imine (C=N–C) groups is 2. The zero-order valence-electron chi connectivity index (χ0n) is 9.33. The molecule has 0 atom stereocenters. The topological polar surface area (TPSA) is 24.7 Å². The van der Waals surface area contributed by atoms with Crippen molar-refractivity contribution in [3.63, 3.8) is 0 Å². The van der Waals surface area contributed by atoms with Gasteiger partial charge in [-0.1, -0.05) is 33.8 Å². The fraction of sp³-hybridized carbons (Fsp3) is 0.636. The molecule has 0 fully saturated rings. The standard InChI is InChI=1S/C9H14N2.C2H6/c1-7(2)9-5-4-8(3)10-6-11-9;1-2/h4,6-7H,5H2,1-3H3;1-2H3. The van der Waals surface area contributed by atoms with Crippen LogP contribution in [0.5, 0.6) is 0 Å². The van der Waals surface area contributed by atoms with Gasteiger partial charge in [-0.2, -0.15) is 0 Å². The van der Waals surface area contributed by atoms with Crippen LogP contribution in [0.4, 0.5) is 0 Å². The summed E-state index contributed by atoms with van der Waals surface area (Å²) in [4.78, 5) is 8.35. The summed E-state index contributed by atoms with van der Waals surface area (Å²) in [5, 5.41) is 0. The summed E-state index contributed by atoms with van der Waals surface area (Å²) < 4.78 is 0. The highest BCUT2D eigenvalue weighted by Gasteiger charge is 2.03. The first-order chi connectivity index (χ1) is 6.20. The zero-order chi connectivity index (χ0) is 10.3. The maximum absolute atomic E-state index is 4.25. The van der Waals surface area contributed by atoms with Crippen molar-refractivity contribution in [2.75, 3.05) is 0 Å². The van der Waals surface area contributed by atoms with Gasteiger partial charge in [0.05, 0.1) is 0 Å². The molecule has 0 saturated heterocycles. The Hall–Kier alpha value is -0.920. The zero-order valence-corrected chi connectivity index (χ0v) is 9.33. The molecule has 0 aromatic heterocycles. The molecule has 0 aliphatic carbocycles. The van der Waals surface area contributed by atoms with Gasteiger partial charge in [0, 0.05) is 17.8 Å². The average Bonchev–Trinajstić information content (AvgIpc) is 2.33. The van der Waals surface area contributed by atoms with Crippen LogP contribution in [0.3, 0.4) is 0 Å². The summed E-state index contributed by atoms with van der Waals surface area (Å²) in [6.45, 7) is 10.3. The van der Waals surface area contributed by atoms with Crippen molar-refractivity contribution in [1.82, 2.24) is 0 Å². The SMILES string of the molecule is CC.CC1=CCC(C(C)C)=NC=N1. The highest BCUT2D eigenvalue weighted by molar-refractivity contribution is 5.93. The molecular formula is C11H20N2. The van der Waals surface area contributed by atoms with Gasteiger partial charge >= 0.3 is 0 Å². The molecule has 0 N–H and O–H groups in total. The van der Waals surface area contributed by atoms with Gasteiger partial charge in [-0.3, -0.25) is 0 Å². The van der Waals surface area contributed by atoms with Crippen molar-refractivity contribution in [2.45, 2.75) is 41.0 Å². The first-order valence-corrected chi connectivity index (χ1v) is 4.96. The maximum atomic E-state index is 4.25. The summed E-state index contributed by atoms with van der Waals surface area (Å²) >= 11 is 0. The molecule has 0 aromatic carbocycles. The summed E-state index contributed by atoms with van der Waals surface area (Å²) in [7, 11) is 0. The van der Waals surface area contributed by atoms with Crippen LogP contribution in [0.2, 0.25) is 0 Å². The van der Waals surface area contributed by atoms with Crippen LogP contribution in [0, 0.1) is 5.92 Å². The molecule has 2 heteroatoms. The average molecular weight is 180 g/mol. The highest BCUT2D eigenvalue weighted by Crippen LogP contribution is 2.08. The summed E-state index contributed by atoms with van der Waals surface area (Å²) in [6, 6.07) is 0. The number of nitrogens with zero attached hydrogens (tertiary/aromatic N) is 2. The van der Waals surface area contributed by atoms with Gasteiger partial charge in [0.15, 0.2) is 0 Å². The minimum atomic E-state index is 0.531. The second kappa shape index (κ2) is 6.58. The first kappa shape index (κ1) is 12.1. The minimum absolute atomic E-state index is 0.531. The quantitative estimate of drug-likeness (QED) is 0.590. The molecule has 0 bridgehead atoms. The lowest BCUT2D eigenvalue weighted by molar-refractivity contribution is 0.870. The highest BCUT2D eigenvalue weighted by atomic mass is 14.9. The second-order valence-electron chi connectivity index (χ2n) is 3.07. The lowest BCUT2D eigenvalue weighted by atomic mass is 10.1. The van der Waals surface area contributed by atoms with Gasteiger partial charge in [0.1, 0.15) is 6.34 Å². The molecule has 0 aromatic rings. The van der Waals surface area contributed by atoms with E-state index >= 15 is 0 Å². The molecular weight excluding hydrogens is 160 g/mol. The Labute approximate surface area is 81.5 Å². The lowest BCUT2D eigenvalue weighted by Gasteiger charge is -2.03. The van der Waals surface area contributed by atoms with Crippen molar-refractivity contribution in [1.29, 1.82) is 0 Å². The van der Waals surface area contributed by atoms with E-state index in [9.17, 15) is 0 Å². The summed E-state index contributed by atoms with van der Waals surface area (Å²) in [5.74, 6) is 0.531. The first-order valence-electron chi connectivity index (χ1n) is 4.96. The molecule has 1 aliphatic heterocycles. The van der Waals surface area contributed by atoms with Crippen LogP contribution in [0.25, 0.3) is 0 Å². The number of hydrogen-bond acceptors (Lipinski definition) is 2. The van der Waals surface area contributed by atoms with Crippen LogP contribution in [0.1, 0.15) is 41.0 Å².